The average molecular weight is 320 g/mol. The van der Waals surface area contributed by atoms with Crippen molar-refractivity contribution in [3.05, 3.63) is 22.2 Å². The van der Waals surface area contributed by atoms with Gasteiger partial charge in [0.25, 0.3) is 0 Å². The number of anilines is 2. The number of hydrogen-bond acceptors (Lipinski definition) is 4. The number of amides is 1. The van der Waals surface area contributed by atoms with E-state index in [4.69, 9.17) is 34.0 Å². The van der Waals surface area contributed by atoms with Crippen LogP contribution in [0.5, 0.6) is 0 Å². The van der Waals surface area contributed by atoms with Gasteiger partial charge in [-0.1, -0.05) is 23.2 Å². The minimum absolute atomic E-state index is 0.00602. The van der Waals surface area contributed by atoms with Crippen LogP contribution < -0.4 is 11.1 Å². The van der Waals surface area contributed by atoms with Gasteiger partial charge in [0.2, 0.25) is 5.91 Å². The fraction of sp³-hybridized carbons (Fsp3) is 0.462. The monoisotopic (exact) mass is 319 g/mol. The summed E-state index contributed by atoms with van der Waals surface area (Å²) in [5, 5.41) is 12.3. The van der Waals surface area contributed by atoms with E-state index in [0.717, 1.165) is 0 Å². The van der Waals surface area contributed by atoms with Gasteiger partial charge in [-0.3, -0.25) is 4.79 Å². The first-order valence-corrected chi connectivity index (χ1v) is 6.96. The standard InChI is InChI=1S/C13H19Cl2N3O2/c1-8(7-19)18(2)4-3-12(20)17-13-10(14)5-9(16)6-11(13)15/h5-6,8,19H,3-4,7,16H2,1-2H3,(H,17,20). The van der Waals surface area contributed by atoms with Gasteiger partial charge in [-0.15, -0.1) is 0 Å². The lowest BCUT2D eigenvalue weighted by Gasteiger charge is -2.22. The third-order valence-electron chi connectivity index (χ3n) is 3.04. The molecule has 1 atom stereocenters. The van der Waals surface area contributed by atoms with Gasteiger partial charge in [0, 0.05) is 24.7 Å². The topological polar surface area (TPSA) is 78.6 Å². The Morgan fingerprint density at radius 3 is 2.50 bits per heavy atom. The predicted octanol–water partition coefficient (Wildman–Crippen LogP) is 2.22. The fourth-order valence-corrected chi connectivity index (χ4v) is 2.15. The van der Waals surface area contributed by atoms with Gasteiger partial charge in [0.1, 0.15) is 0 Å². The summed E-state index contributed by atoms with van der Waals surface area (Å²) in [6, 6.07) is 3.07. The second-order valence-corrected chi connectivity index (χ2v) is 5.48. The minimum Gasteiger partial charge on any atom is -0.399 e. The Hall–Kier alpha value is -1.01. The van der Waals surface area contributed by atoms with Gasteiger partial charge in [-0.2, -0.15) is 0 Å². The number of nitrogens with two attached hydrogens (primary N) is 1. The molecule has 0 radical (unpaired) electrons. The molecule has 0 aliphatic rings. The Morgan fingerprint density at radius 2 is 2.00 bits per heavy atom. The maximum atomic E-state index is 11.9. The fourth-order valence-electron chi connectivity index (χ4n) is 1.55. The van der Waals surface area contributed by atoms with Gasteiger partial charge < -0.3 is 21.1 Å². The second-order valence-electron chi connectivity index (χ2n) is 4.67. The van der Waals surface area contributed by atoms with Crippen molar-refractivity contribution in [2.45, 2.75) is 19.4 Å². The van der Waals surface area contributed by atoms with Crippen LogP contribution in [0.1, 0.15) is 13.3 Å². The average Bonchev–Trinajstić information content (AvgIpc) is 2.39. The van der Waals surface area contributed by atoms with Crippen LogP contribution in [0.15, 0.2) is 12.1 Å². The Labute approximate surface area is 128 Å². The molecule has 0 bridgehead atoms. The number of likely N-dealkylation sites (N-methyl/N-ethyl adjacent to an activating group) is 1. The lowest BCUT2D eigenvalue weighted by atomic mass is 10.2. The lowest BCUT2D eigenvalue weighted by molar-refractivity contribution is -0.116. The molecule has 5 nitrogen and oxygen atoms in total. The quantitative estimate of drug-likeness (QED) is 0.702. The van der Waals surface area contributed by atoms with Crippen molar-refractivity contribution in [2.24, 2.45) is 0 Å². The Kier molecular flexibility index (Phi) is 6.55. The summed E-state index contributed by atoms with van der Waals surface area (Å²) < 4.78 is 0. The smallest absolute Gasteiger partial charge is 0.225 e. The summed E-state index contributed by atoms with van der Waals surface area (Å²) >= 11 is 12.0. The summed E-state index contributed by atoms with van der Waals surface area (Å²) in [7, 11) is 1.84. The largest absolute Gasteiger partial charge is 0.399 e. The summed E-state index contributed by atoms with van der Waals surface area (Å²) in [5.74, 6) is -0.199. The number of benzene rings is 1. The van der Waals surface area contributed by atoms with E-state index in [2.05, 4.69) is 5.32 Å². The molecule has 0 aliphatic carbocycles. The van der Waals surface area contributed by atoms with Crippen LogP contribution >= 0.6 is 23.2 Å². The highest BCUT2D eigenvalue weighted by Crippen LogP contribution is 2.32. The van der Waals surface area contributed by atoms with E-state index in [0.29, 0.717) is 28.0 Å². The second kappa shape index (κ2) is 7.69. The number of carbonyl (C=O) groups excluding carboxylic acids is 1. The maximum Gasteiger partial charge on any atom is 0.225 e. The summed E-state index contributed by atoms with van der Waals surface area (Å²) in [4.78, 5) is 13.8. The zero-order valence-corrected chi connectivity index (χ0v) is 13.0. The van der Waals surface area contributed by atoms with E-state index in [1.165, 1.54) is 12.1 Å². The predicted molar refractivity (Wildman–Crippen MR) is 83.3 cm³/mol. The first-order chi connectivity index (χ1) is 9.35. The Balaban J connectivity index is 2.59. The van der Waals surface area contributed by atoms with Crippen molar-refractivity contribution >= 4 is 40.5 Å². The van der Waals surface area contributed by atoms with E-state index in [-0.39, 0.29) is 25.0 Å². The van der Waals surface area contributed by atoms with Crippen LogP contribution in [0.2, 0.25) is 10.0 Å². The normalized spacial score (nSPS) is 12.5. The molecular formula is C13H19Cl2N3O2. The van der Waals surface area contributed by atoms with Crippen LogP contribution in [0.3, 0.4) is 0 Å². The first-order valence-electron chi connectivity index (χ1n) is 6.20. The molecule has 1 rings (SSSR count). The molecule has 7 heteroatoms. The number of hydrogen-bond donors (Lipinski definition) is 3. The number of nitrogens with one attached hydrogen (secondary N) is 1. The van der Waals surface area contributed by atoms with Crippen LogP contribution in [-0.2, 0) is 4.79 Å². The number of aliphatic hydroxyl groups excluding tert-OH is 1. The highest BCUT2D eigenvalue weighted by molar-refractivity contribution is 6.40. The number of aliphatic hydroxyl groups is 1. The van der Waals surface area contributed by atoms with Gasteiger partial charge in [-0.25, -0.2) is 0 Å². The van der Waals surface area contributed by atoms with E-state index in [9.17, 15) is 4.79 Å². The van der Waals surface area contributed by atoms with E-state index >= 15 is 0 Å². The molecule has 1 amide bonds. The SMILES string of the molecule is CC(CO)N(C)CCC(=O)Nc1c(Cl)cc(N)cc1Cl. The molecule has 4 N–H and O–H groups in total. The van der Waals surface area contributed by atoms with Gasteiger partial charge >= 0.3 is 0 Å². The summed E-state index contributed by atoms with van der Waals surface area (Å²) in [5.41, 5.74) is 6.40. The molecule has 0 aliphatic heterocycles. The number of nitrogen functional groups attached to an aromatic ring is 1. The number of carbonyl (C=O) groups is 1. The van der Waals surface area contributed by atoms with Crippen molar-refractivity contribution in [1.29, 1.82) is 0 Å². The molecule has 0 saturated carbocycles. The summed E-state index contributed by atoms with van der Waals surface area (Å²) in [6.45, 7) is 2.46. The first kappa shape index (κ1) is 17.0. The molecular weight excluding hydrogens is 301 g/mol. The van der Waals surface area contributed by atoms with Crippen LogP contribution in [0.4, 0.5) is 11.4 Å². The lowest BCUT2D eigenvalue weighted by Crippen LogP contribution is -2.34. The zero-order chi connectivity index (χ0) is 15.3. The van der Waals surface area contributed by atoms with E-state index < -0.39 is 0 Å². The molecule has 20 heavy (non-hydrogen) atoms. The van der Waals surface area contributed by atoms with Crippen LogP contribution in [0, 0.1) is 0 Å². The van der Waals surface area contributed by atoms with Crippen molar-refractivity contribution in [3.63, 3.8) is 0 Å². The van der Waals surface area contributed by atoms with Crippen molar-refractivity contribution in [1.82, 2.24) is 4.90 Å². The van der Waals surface area contributed by atoms with Crippen molar-refractivity contribution in [2.75, 3.05) is 31.2 Å². The van der Waals surface area contributed by atoms with E-state index in [1.54, 1.807) is 0 Å². The van der Waals surface area contributed by atoms with Crippen LogP contribution in [-0.4, -0.2) is 42.2 Å². The number of rotatable bonds is 6. The summed E-state index contributed by atoms with van der Waals surface area (Å²) in [6.07, 6.45) is 0.276. The van der Waals surface area contributed by atoms with Gasteiger partial charge in [0.05, 0.1) is 22.3 Å². The van der Waals surface area contributed by atoms with Crippen molar-refractivity contribution < 1.29 is 9.90 Å². The Morgan fingerprint density at radius 1 is 1.45 bits per heavy atom. The van der Waals surface area contributed by atoms with Gasteiger partial charge in [0.15, 0.2) is 0 Å². The molecule has 112 valence electrons. The number of halogens is 2. The molecule has 1 unspecified atom stereocenters. The van der Waals surface area contributed by atoms with Crippen LogP contribution in [0.25, 0.3) is 0 Å². The molecule has 0 saturated heterocycles. The van der Waals surface area contributed by atoms with Gasteiger partial charge in [-0.05, 0) is 26.1 Å². The Bertz CT molecular complexity index is 460. The maximum absolute atomic E-state index is 11.9. The molecule has 0 spiro atoms. The van der Waals surface area contributed by atoms with Crippen molar-refractivity contribution in [3.8, 4) is 0 Å². The molecule has 0 fully saturated rings. The molecule has 0 heterocycles. The zero-order valence-electron chi connectivity index (χ0n) is 11.5. The highest BCUT2D eigenvalue weighted by Gasteiger charge is 2.13. The minimum atomic E-state index is -0.199. The number of nitrogens with zero attached hydrogens (tertiary/aromatic N) is 1. The third-order valence-corrected chi connectivity index (χ3v) is 3.63. The molecule has 0 aromatic heterocycles. The highest BCUT2D eigenvalue weighted by atomic mass is 35.5. The molecule has 1 aromatic rings. The third kappa shape index (κ3) is 4.83. The van der Waals surface area contributed by atoms with E-state index in [1.807, 2.05) is 18.9 Å². The molecule has 1 aromatic carbocycles.